The van der Waals surface area contributed by atoms with Crippen LogP contribution < -0.4 is 0 Å². The van der Waals surface area contributed by atoms with Gasteiger partial charge in [-0.15, -0.1) is 0 Å². The predicted octanol–water partition coefficient (Wildman–Crippen LogP) is 3.11. The molecule has 16 heavy (non-hydrogen) atoms. The fourth-order valence-corrected chi connectivity index (χ4v) is 3.28. The van der Waals surface area contributed by atoms with Gasteiger partial charge in [-0.05, 0) is 42.9 Å². The molecular weight excluding hydrogens is 200 g/mol. The van der Waals surface area contributed by atoms with Crippen LogP contribution in [0.5, 0.6) is 0 Å². The van der Waals surface area contributed by atoms with E-state index in [1.807, 2.05) is 0 Å². The molecule has 0 radical (unpaired) electrons. The van der Waals surface area contributed by atoms with Gasteiger partial charge in [0, 0.05) is 19.8 Å². The number of hydrogen-bond acceptors (Lipinski definition) is 2. The lowest BCUT2D eigenvalue weighted by Crippen LogP contribution is -2.25. The van der Waals surface area contributed by atoms with Crippen LogP contribution in [-0.4, -0.2) is 25.9 Å². The van der Waals surface area contributed by atoms with Crippen LogP contribution in [0.1, 0.15) is 40.0 Å². The maximum atomic E-state index is 5.78. The molecule has 0 N–H and O–H groups in total. The van der Waals surface area contributed by atoms with Gasteiger partial charge in [-0.2, -0.15) is 0 Å². The molecule has 0 aromatic rings. The van der Waals surface area contributed by atoms with Crippen LogP contribution in [0, 0.1) is 23.7 Å². The summed E-state index contributed by atoms with van der Waals surface area (Å²) in [5.41, 5.74) is 0. The van der Waals surface area contributed by atoms with Crippen LogP contribution in [0.25, 0.3) is 0 Å². The van der Waals surface area contributed by atoms with E-state index in [1.54, 1.807) is 0 Å². The molecule has 4 unspecified atom stereocenters. The molecule has 0 bridgehead atoms. The molecule has 2 aliphatic heterocycles. The third-order valence-electron chi connectivity index (χ3n) is 4.38. The van der Waals surface area contributed by atoms with Crippen LogP contribution in [0.2, 0.25) is 0 Å². The molecule has 0 aliphatic carbocycles. The summed E-state index contributed by atoms with van der Waals surface area (Å²) in [5.74, 6) is 2.99. The van der Waals surface area contributed by atoms with Crippen LogP contribution in [0.4, 0.5) is 0 Å². The third-order valence-corrected chi connectivity index (χ3v) is 4.38. The van der Waals surface area contributed by atoms with Gasteiger partial charge < -0.3 is 9.47 Å². The predicted molar refractivity (Wildman–Crippen MR) is 65.4 cm³/mol. The van der Waals surface area contributed by atoms with Crippen molar-refractivity contribution >= 4 is 0 Å². The third kappa shape index (κ3) is 2.78. The Balaban J connectivity index is 1.83. The zero-order valence-electron chi connectivity index (χ0n) is 10.9. The first-order chi connectivity index (χ1) is 7.68. The Labute approximate surface area is 99.7 Å². The van der Waals surface area contributed by atoms with Gasteiger partial charge in [-0.1, -0.05) is 20.8 Å². The summed E-state index contributed by atoms with van der Waals surface area (Å²) in [4.78, 5) is 0. The first-order valence-electron chi connectivity index (χ1n) is 6.88. The maximum Gasteiger partial charge on any atom is 0.0601 e. The van der Waals surface area contributed by atoms with Gasteiger partial charge >= 0.3 is 0 Å². The van der Waals surface area contributed by atoms with Gasteiger partial charge in [0.25, 0.3) is 0 Å². The minimum absolute atomic E-state index is 0.522. The van der Waals surface area contributed by atoms with Crippen molar-refractivity contribution in [3.8, 4) is 0 Å². The molecule has 94 valence electrons. The topological polar surface area (TPSA) is 18.5 Å². The fourth-order valence-electron chi connectivity index (χ4n) is 3.28. The number of hydrogen-bond donors (Lipinski definition) is 0. The highest BCUT2D eigenvalue weighted by Crippen LogP contribution is 2.35. The molecule has 2 rings (SSSR count). The van der Waals surface area contributed by atoms with Crippen molar-refractivity contribution in [3.63, 3.8) is 0 Å². The Morgan fingerprint density at radius 1 is 1.19 bits per heavy atom. The van der Waals surface area contributed by atoms with Gasteiger partial charge in [0.1, 0.15) is 0 Å². The van der Waals surface area contributed by atoms with E-state index >= 15 is 0 Å². The number of rotatable bonds is 4. The molecule has 2 aliphatic rings. The minimum atomic E-state index is 0.522. The van der Waals surface area contributed by atoms with Crippen LogP contribution in [-0.2, 0) is 9.47 Å². The fraction of sp³-hybridized carbons (Fsp3) is 1.00. The van der Waals surface area contributed by atoms with Crippen molar-refractivity contribution in [1.29, 1.82) is 0 Å². The summed E-state index contributed by atoms with van der Waals surface area (Å²) >= 11 is 0. The van der Waals surface area contributed by atoms with Crippen molar-refractivity contribution < 1.29 is 9.47 Å². The highest BCUT2D eigenvalue weighted by atomic mass is 16.5. The van der Waals surface area contributed by atoms with E-state index in [0.717, 1.165) is 37.6 Å². The molecule has 2 fully saturated rings. The van der Waals surface area contributed by atoms with E-state index < -0.39 is 0 Å². The molecule has 2 heteroatoms. The summed E-state index contributed by atoms with van der Waals surface area (Å²) in [7, 11) is 0. The van der Waals surface area contributed by atoms with Gasteiger partial charge in [0.15, 0.2) is 0 Å². The van der Waals surface area contributed by atoms with Crippen molar-refractivity contribution in [2.24, 2.45) is 23.7 Å². The van der Waals surface area contributed by atoms with E-state index in [-0.39, 0.29) is 0 Å². The zero-order chi connectivity index (χ0) is 11.5. The van der Waals surface area contributed by atoms with Crippen molar-refractivity contribution in [3.05, 3.63) is 0 Å². The van der Waals surface area contributed by atoms with E-state index in [9.17, 15) is 0 Å². The molecule has 0 spiro atoms. The Hall–Kier alpha value is -0.0800. The summed E-state index contributed by atoms with van der Waals surface area (Å²) in [6, 6.07) is 0. The molecule has 2 heterocycles. The van der Waals surface area contributed by atoms with Gasteiger partial charge in [-0.25, -0.2) is 0 Å². The normalized spacial score (nSPS) is 37.1. The lowest BCUT2D eigenvalue weighted by Gasteiger charge is -2.26. The Morgan fingerprint density at radius 3 is 2.62 bits per heavy atom. The molecule has 0 aromatic heterocycles. The summed E-state index contributed by atoms with van der Waals surface area (Å²) < 4.78 is 11.4. The average molecular weight is 226 g/mol. The second-order valence-electron chi connectivity index (χ2n) is 5.97. The lowest BCUT2D eigenvalue weighted by atomic mass is 9.80. The van der Waals surface area contributed by atoms with Crippen LogP contribution in [0.3, 0.4) is 0 Å². The Bertz CT molecular complexity index is 209. The zero-order valence-corrected chi connectivity index (χ0v) is 10.9. The second-order valence-corrected chi connectivity index (χ2v) is 5.97. The maximum absolute atomic E-state index is 5.78. The molecule has 0 saturated carbocycles. The molecule has 2 saturated heterocycles. The van der Waals surface area contributed by atoms with Crippen molar-refractivity contribution in [1.82, 2.24) is 0 Å². The van der Waals surface area contributed by atoms with Crippen molar-refractivity contribution in [2.45, 2.75) is 46.1 Å². The van der Waals surface area contributed by atoms with Gasteiger partial charge in [0.05, 0.1) is 6.10 Å². The van der Waals surface area contributed by atoms with Crippen LogP contribution in [0.15, 0.2) is 0 Å². The highest BCUT2D eigenvalue weighted by molar-refractivity contribution is 4.82. The standard InChI is InChI=1S/C14H26O2/c1-10(2)13-9-15-8-12(13)7-11(3)14-5-4-6-16-14/h10-14H,4-9H2,1-3H3. The summed E-state index contributed by atoms with van der Waals surface area (Å²) in [5, 5.41) is 0. The molecule has 0 amide bonds. The number of ether oxygens (including phenoxy) is 2. The lowest BCUT2D eigenvalue weighted by molar-refractivity contribution is 0.0554. The van der Waals surface area contributed by atoms with Gasteiger partial charge in [-0.3, -0.25) is 0 Å². The first-order valence-corrected chi connectivity index (χ1v) is 6.88. The smallest absolute Gasteiger partial charge is 0.0601 e. The largest absolute Gasteiger partial charge is 0.381 e. The average Bonchev–Trinajstić information content (AvgIpc) is 2.86. The highest BCUT2D eigenvalue weighted by Gasteiger charge is 2.33. The molecule has 4 atom stereocenters. The monoisotopic (exact) mass is 226 g/mol. The van der Waals surface area contributed by atoms with E-state index in [0.29, 0.717) is 12.0 Å². The van der Waals surface area contributed by atoms with E-state index in [2.05, 4.69) is 20.8 Å². The van der Waals surface area contributed by atoms with E-state index in [4.69, 9.17) is 9.47 Å². The van der Waals surface area contributed by atoms with Gasteiger partial charge in [0.2, 0.25) is 0 Å². The quantitative estimate of drug-likeness (QED) is 0.733. The summed E-state index contributed by atoms with van der Waals surface area (Å²) in [6.45, 7) is 9.92. The minimum Gasteiger partial charge on any atom is -0.381 e. The molecule has 0 aromatic carbocycles. The van der Waals surface area contributed by atoms with E-state index in [1.165, 1.54) is 19.3 Å². The Morgan fingerprint density at radius 2 is 2.00 bits per heavy atom. The van der Waals surface area contributed by atoms with Crippen LogP contribution >= 0.6 is 0 Å². The second kappa shape index (κ2) is 5.50. The SMILES string of the molecule is CC(C)C1COCC1CC(C)C1CCCO1. The van der Waals surface area contributed by atoms with Crippen molar-refractivity contribution in [2.75, 3.05) is 19.8 Å². The molecule has 2 nitrogen and oxygen atoms in total. The molecular formula is C14H26O2. The summed E-state index contributed by atoms with van der Waals surface area (Å²) in [6.07, 6.45) is 4.33. The Kier molecular flexibility index (Phi) is 4.26. The first kappa shape index (κ1) is 12.4.